The third-order valence-corrected chi connectivity index (χ3v) is 4.70. The minimum Gasteiger partial charge on any atom is -0.373 e. The zero-order valence-electron chi connectivity index (χ0n) is 15.0. The van der Waals surface area contributed by atoms with Crippen LogP contribution < -0.4 is 10.6 Å². The van der Waals surface area contributed by atoms with Crippen LogP contribution in [0.3, 0.4) is 0 Å². The average Bonchev–Trinajstić information content (AvgIpc) is 2.99. The molecule has 6 heteroatoms. The lowest BCUT2D eigenvalue weighted by Gasteiger charge is -2.35. The second kappa shape index (κ2) is 7.97. The van der Waals surface area contributed by atoms with E-state index in [-0.39, 0.29) is 30.1 Å². The summed E-state index contributed by atoms with van der Waals surface area (Å²) in [5, 5.41) is 5.58. The van der Waals surface area contributed by atoms with Gasteiger partial charge in [0.25, 0.3) is 0 Å². The fraction of sp³-hybridized carbons (Fsp3) is 0.579. The summed E-state index contributed by atoms with van der Waals surface area (Å²) < 4.78 is 5.77. The molecule has 1 aromatic carbocycles. The van der Waals surface area contributed by atoms with Gasteiger partial charge >= 0.3 is 0 Å². The van der Waals surface area contributed by atoms with Crippen LogP contribution in [0.15, 0.2) is 24.3 Å². The van der Waals surface area contributed by atoms with Crippen LogP contribution in [0.25, 0.3) is 0 Å². The Kier molecular flexibility index (Phi) is 5.71. The lowest BCUT2D eigenvalue weighted by atomic mass is 10.1. The summed E-state index contributed by atoms with van der Waals surface area (Å²) in [6, 6.07) is 7.96. The van der Waals surface area contributed by atoms with Crippen molar-refractivity contribution in [1.82, 2.24) is 15.5 Å². The minimum absolute atomic E-state index is 0.0451. The first-order chi connectivity index (χ1) is 12.0. The third kappa shape index (κ3) is 5.03. The van der Waals surface area contributed by atoms with Gasteiger partial charge in [-0.15, -0.1) is 0 Å². The Balaban J connectivity index is 1.47. The molecule has 0 spiro atoms. The number of benzene rings is 1. The molecule has 6 nitrogen and oxygen atoms in total. The molecule has 0 radical (unpaired) electrons. The Morgan fingerprint density at radius 3 is 2.44 bits per heavy atom. The quantitative estimate of drug-likeness (QED) is 0.841. The first-order valence-corrected chi connectivity index (χ1v) is 9.02. The van der Waals surface area contributed by atoms with E-state index >= 15 is 0 Å². The highest BCUT2D eigenvalue weighted by molar-refractivity contribution is 5.90. The van der Waals surface area contributed by atoms with Crippen LogP contribution in [0.4, 0.5) is 0 Å². The van der Waals surface area contributed by atoms with E-state index in [9.17, 15) is 9.59 Å². The maximum Gasteiger partial charge on any atom is 0.242 e. The number of carbonyl (C=O) groups excluding carboxylic acids is 2. The smallest absolute Gasteiger partial charge is 0.242 e. The zero-order valence-corrected chi connectivity index (χ0v) is 15.0. The Morgan fingerprint density at radius 1 is 1.20 bits per heavy atom. The molecule has 2 fully saturated rings. The van der Waals surface area contributed by atoms with Gasteiger partial charge in [-0.25, -0.2) is 0 Å². The van der Waals surface area contributed by atoms with Crippen molar-refractivity contribution >= 4 is 11.8 Å². The van der Waals surface area contributed by atoms with Gasteiger partial charge in [0.2, 0.25) is 11.8 Å². The van der Waals surface area contributed by atoms with E-state index in [2.05, 4.69) is 53.6 Å². The summed E-state index contributed by atoms with van der Waals surface area (Å²) in [6.45, 7) is 7.53. The molecule has 2 amide bonds. The number of ether oxygens (including phenoxy) is 1. The van der Waals surface area contributed by atoms with Crippen LogP contribution in [-0.4, -0.2) is 48.1 Å². The number of amides is 2. The maximum atomic E-state index is 12.0. The largest absolute Gasteiger partial charge is 0.373 e. The second-order valence-electron chi connectivity index (χ2n) is 7.14. The van der Waals surface area contributed by atoms with Gasteiger partial charge in [-0.3, -0.25) is 14.5 Å². The predicted molar refractivity (Wildman–Crippen MR) is 94.7 cm³/mol. The lowest BCUT2D eigenvalue weighted by molar-refractivity contribution is -0.125. The number of nitrogens with zero attached hydrogens (tertiary/aromatic N) is 1. The topological polar surface area (TPSA) is 70.7 Å². The van der Waals surface area contributed by atoms with Crippen LogP contribution in [0.5, 0.6) is 0 Å². The maximum absolute atomic E-state index is 12.0. The molecule has 0 bridgehead atoms. The molecule has 0 unspecified atom stereocenters. The van der Waals surface area contributed by atoms with Gasteiger partial charge < -0.3 is 15.4 Å². The van der Waals surface area contributed by atoms with Crippen LogP contribution in [0, 0.1) is 0 Å². The monoisotopic (exact) mass is 345 g/mol. The molecule has 2 aliphatic heterocycles. The van der Waals surface area contributed by atoms with Crippen LogP contribution in [0.2, 0.25) is 0 Å². The van der Waals surface area contributed by atoms with Crippen molar-refractivity contribution in [1.29, 1.82) is 0 Å². The molecule has 2 heterocycles. The Labute approximate surface area is 148 Å². The standard InChI is InChI=1S/C19H27N3O3/c1-13-10-22(11-14(2)25-13)12-16-5-3-15(4-6-16)9-20-19(24)17-7-8-18(23)21-17/h3-6,13-14,17H,7-12H2,1-2H3,(H,20,24)(H,21,23)/t13-,14+,17-/m1/s1. The van der Waals surface area contributed by atoms with Gasteiger partial charge in [-0.1, -0.05) is 24.3 Å². The summed E-state index contributed by atoms with van der Waals surface area (Å²) in [6.07, 6.45) is 1.56. The Hall–Kier alpha value is -1.92. The second-order valence-corrected chi connectivity index (χ2v) is 7.14. The van der Waals surface area contributed by atoms with E-state index in [1.165, 1.54) is 5.56 Å². The van der Waals surface area contributed by atoms with E-state index in [4.69, 9.17) is 4.74 Å². The predicted octanol–water partition coefficient (Wildman–Crippen LogP) is 1.19. The fourth-order valence-corrected chi connectivity index (χ4v) is 3.56. The van der Waals surface area contributed by atoms with Crippen molar-refractivity contribution in [3.63, 3.8) is 0 Å². The van der Waals surface area contributed by atoms with Crippen molar-refractivity contribution < 1.29 is 14.3 Å². The number of hydrogen-bond donors (Lipinski definition) is 2. The first kappa shape index (κ1) is 17.9. The van der Waals surface area contributed by atoms with Gasteiger partial charge in [0.05, 0.1) is 12.2 Å². The first-order valence-electron chi connectivity index (χ1n) is 9.02. The molecular weight excluding hydrogens is 318 g/mol. The number of nitrogens with one attached hydrogen (secondary N) is 2. The lowest BCUT2D eigenvalue weighted by Crippen LogP contribution is -2.44. The number of hydrogen-bond acceptors (Lipinski definition) is 4. The number of rotatable bonds is 5. The number of morpholine rings is 1. The van der Waals surface area contributed by atoms with Gasteiger partial charge in [-0.05, 0) is 31.4 Å². The summed E-state index contributed by atoms with van der Waals surface area (Å²) in [5.41, 5.74) is 2.32. The molecule has 3 rings (SSSR count). The van der Waals surface area contributed by atoms with Crippen molar-refractivity contribution in [3.8, 4) is 0 Å². The van der Waals surface area contributed by atoms with Crippen LogP contribution >= 0.6 is 0 Å². The van der Waals surface area contributed by atoms with Crippen molar-refractivity contribution in [3.05, 3.63) is 35.4 Å². The molecule has 0 aromatic heterocycles. The number of carbonyl (C=O) groups is 2. The molecule has 2 N–H and O–H groups in total. The third-order valence-electron chi connectivity index (χ3n) is 4.70. The minimum atomic E-state index is -0.378. The van der Waals surface area contributed by atoms with Gasteiger partial charge in [0, 0.05) is 32.6 Å². The van der Waals surface area contributed by atoms with E-state index < -0.39 is 0 Å². The molecule has 0 aliphatic carbocycles. The Morgan fingerprint density at radius 2 is 1.84 bits per heavy atom. The van der Waals surface area contributed by atoms with E-state index in [1.54, 1.807) is 0 Å². The highest BCUT2D eigenvalue weighted by Crippen LogP contribution is 2.15. The molecule has 136 valence electrons. The summed E-state index contributed by atoms with van der Waals surface area (Å²) in [4.78, 5) is 25.6. The normalized spacial score (nSPS) is 27.1. The van der Waals surface area contributed by atoms with Crippen molar-refractivity contribution in [2.75, 3.05) is 13.1 Å². The molecule has 2 aliphatic rings. The summed E-state index contributed by atoms with van der Waals surface area (Å²) in [5.74, 6) is -0.150. The Bertz CT molecular complexity index is 607. The molecule has 3 atom stereocenters. The molecule has 0 saturated carbocycles. The van der Waals surface area contributed by atoms with Crippen molar-refractivity contribution in [2.24, 2.45) is 0 Å². The summed E-state index contributed by atoms with van der Waals surface area (Å²) >= 11 is 0. The summed E-state index contributed by atoms with van der Waals surface area (Å²) in [7, 11) is 0. The van der Waals surface area contributed by atoms with Crippen LogP contribution in [0.1, 0.15) is 37.8 Å². The highest BCUT2D eigenvalue weighted by Gasteiger charge is 2.26. The van der Waals surface area contributed by atoms with Gasteiger partial charge in [0.1, 0.15) is 6.04 Å². The van der Waals surface area contributed by atoms with Gasteiger partial charge in [-0.2, -0.15) is 0 Å². The van der Waals surface area contributed by atoms with Crippen molar-refractivity contribution in [2.45, 2.75) is 58.0 Å². The molecule has 1 aromatic rings. The van der Waals surface area contributed by atoms with Gasteiger partial charge in [0.15, 0.2) is 0 Å². The average molecular weight is 345 g/mol. The fourth-order valence-electron chi connectivity index (χ4n) is 3.56. The zero-order chi connectivity index (χ0) is 17.8. The molecule has 2 saturated heterocycles. The van der Waals surface area contributed by atoms with E-state index in [0.717, 1.165) is 25.2 Å². The molecular formula is C19H27N3O3. The van der Waals surface area contributed by atoms with E-state index in [0.29, 0.717) is 19.4 Å². The SMILES string of the molecule is C[C@@H]1CN(Cc2ccc(CNC(=O)[C@H]3CCC(=O)N3)cc2)C[C@H](C)O1. The highest BCUT2D eigenvalue weighted by atomic mass is 16.5. The molecule has 25 heavy (non-hydrogen) atoms. The van der Waals surface area contributed by atoms with E-state index in [1.807, 2.05) is 0 Å². The van der Waals surface area contributed by atoms with Crippen LogP contribution in [-0.2, 0) is 27.4 Å².